The maximum Gasteiger partial charge on any atom is 0.274 e. The van der Waals surface area contributed by atoms with E-state index in [4.69, 9.17) is 0 Å². The van der Waals surface area contributed by atoms with E-state index in [1.54, 1.807) is 60.4 Å². The number of benzene rings is 2. The van der Waals surface area contributed by atoms with Crippen molar-refractivity contribution in [3.8, 4) is 0 Å². The van der Waals surface area contributed by atoms with Gasteiger partial charge in [0.15, 0.2) is 5.69 Å². The molecular weight excluding hydrogens is 373 g/mol. The highest BCUT2D eigenvalue weighted by Gasteiger charge is 2.24. The van der Waals surface area contributed by atoms with E-state index in [1.807, 2.05) is 0 Å². The Hall–Kier alpha value is -3.81. The van der Waals surface area contributed by atoms with Gasteiger partial charge in [0.05, 0.1) is 5.39 Å². The summed E-state index contributed by atoms with van der Waals surface area (Å²) in [6.07, 6.45) is 3.35. The summed E-state index contributed by atoms with van der Waals surface area (Å²) in [6, 6.07) is 12.1. The lowest BCUT2D eigenvalue weighted by molar-refractivity contribution is 0.0935. The molecule has 0 unspecified atom stereocenters. The van der Waals surface area contributed by atoms with Crippen LogP contribution in [0.2, 0.25) is 0 Å². The van der Waals surface area contributed by atoms with Crippen molar-refractivity contribution in [1.29, 1.82) is 0 Å². The molecule has 0 aliphatic rings. The Morgan fingerprint density at radius 1 is 1.10 bits per heavy atom. The molecule has 2 aromatic carbocycles. The van der Waals surface area contributed by atoms with Gasteiger partial charge in [-0.15, -0.1) is 0 Å². The maximum atomic E-state index is 13.8. The number of imidazole rings is 1. The maximum absolute atomic E-state index is 13.8. The molecule has 2 aromatic heterocycles. The van der Waals surface area contributed by atoms with Gasteiger partial charge in [0.2, 0.25) is 0 Å². The van der Waals surface area contributed by atoms with Gasteiger partial charge in [-0.1, -0.05) is 30.3 Å². The van der Waals surface area contributed by atoms with Gasteiger partial charge in [0.1, 0.15) is 17.7 Å². The molecular formula is C21H18FN5O2. The number of nitrogens with zero attached hydrogens (tertiary/aromatic N) is 4. The van der Waals surface area contributed by atoms with E-state index >= 15 is 0 Å². The first-order valence-electron chi connectivity index (χ1n) is 8.95. The van der Waals surface area contributed by atoms with Crippen molar-refractivity contribution in [2.75, 3.05) is 0 Å². The number of hydrogen-bond acceptors (Lipinski definition) is 4. The fraction of sp³-hybridized carbons (Fsp3) is 0.143. The molecule has 0 aliphatic heterocycles. The molecule has 8 heteroatoms. The second-order valence-electron chi connectivity index (χ2n) is 6.68. The normalized spacial score (nSPS) is 12.1. The fourth-order valence-electron chi connectivity index (χ4n) is 3.31. The summed E-state index contributed by atoms with van der Waals surface area (Å²) in [6.45, 7) is 0. The van der Waals surface area contributed by atoms with Gasteiger partial charge in [0, 0.05) is 31.9 Å². The molecule has 4 rings (SSSR count). The quantitative estimate of drug-likeness (QED) is 0.579. The van der Waals surface area contributed by atoms with Crippen molar-refractivity contribution in [3.05, 3.63) is 94.2 Å². The lowest BCUT2D eigenvalue weighted by Crippen LogP contribution is -2.34. The van der Waals surface area contributed by atoms with Crippen molar-refractivity contribution < 1.29 is 9.18 Å². The number of halogens is 1. The molecule has 146 valence electrons. The van der Waals surface area contributed by atoms with E-state index in [0.717, 1.165) is 4.68 Å². The van der Waals surface area contributed by atoms with Gasteiger partial charge in [-0.3, -0.25) is 9.59 Å². The monoisotopic (exact) mass is 391 g/mol. The van der Waals surface area contributed by atoms with Gasteiger partial charge in [-0.2, -0.15) is 5.10 Å². The zero-order chi connectivity index (χ0) is 20.5. The Bertz CT molecular complexity index is 1280. The van der Waals surface area contributed by atoms with Gasteiger partial charge >= 0.3 is 0 Å². The molecule has 0 aliphatic carbocycles. The zero-order valence-corrected chi connectivity index (χ0v) is 15.8. The minimum Gasteiger partial charge on any atom is -0.337 e. The second-order valence-corrected chi connectivity index (χ2v) is 6.68. The number of aromatic nitrogens is 4. The molecule has 1 amide bonds. The first-order chi connectivity index (χ1) is 14.0. The molecule has 0 fully saturated rings. The van der Waals surface area contributed by atoms with E-state index in [0.29, 0.717) is 22.2 Å². The molecule has 4 aromatic rings. The average Bonchev–Trinajstić information content (AvgIpc) is 3.14. The summed E-state index contributed by atoms with van der Waals surface area (Å²) in [4.78, 5) is 29.8. The summed E-state index contributed by atoms with van der Waals surface area (Å²) >= 11 is 0. The minimum absolute atomic E-state index is 0.110. The van der Waals surface area contributed by atoms with Gasteiger partial charge < -0.3 is 9.88 Å². The van der Waals surface area contributed by atoms with E-state index in [-0.39, 0.29) is 11.3 Å². The van der Waals surface area contributed by atoms with E-state index in [1.165, 1.54) is 19.2 Å². The van der Waals surface area contributed by atoms with Crippen LogP contribution in [0.5, 0.6) is 0 Å². The van der Waals surface area contributed by atoms with Gasteiger partial charge in [-0.25, -0.2) is 14.1 Å². The van der Waals surface area contributed by atoms with Crippen LogP contribution >= 0.6 is 0 Å². The standard InChI is InChI=1S/C21H18FN5O2/c1-26-11-10-23-19(26)17(13-6-5-7-14(22)12-13)24-20(28)18-15-8-3-4-9-16(15)21(29)27(2)25-18/h3-12,17H,1-2H3,(H,24,28)/t17-/m1/s1. The highest BCUT2D eigenvalue weighted by atomic mass is 19.1. The lowest BCUT2D eigenvalue weighted by atomic mass is 10.0. The first-order valence-corrected chi connectivity index (χ1v) is 8.95. The van der Waals surface area contributed by atoms with Crippen molar-refractivity contribution in [2.45, 2.75) is 6.04 Å². The van der Waals surface area contributed by atoms with Crippen LogP contribution in [0.4, 0.5) is 4.39 Å². The second kappa shape index (κ2) is 7.31. The molecule has 29 heavy (non-hydrogen) atoms. The minimum atomic E-state index is -0.698. The molecule has 2 heterocycles. The SMILES string of the molecule is Cn1ccnc1[C@H](NC(=O)c1nn(C)c(=O)c2ccccc12)c1cccc(F)c1. The largest absolute Gasteiger partial charge is 0.337 e. The predicted octanol–water partition coefficient (Wildman–Crippen LogP) is 2.33. The third kappa shape index (κ3) is 3.40. The highest BCUT2D eigenvalue weighted by molar-refractivity contribution is 6.05. The highest BCUT2D eigenvalue weighted by Crippen LogP contribution is 2.22. The third-order valence-electron chi connectivity index (χ3n) is 4.75. The molecule has 0 spiro atoms. The number of aryl methyl sites for hydroxylation is 2. The van der Waals surface area contributed by atoms with Crippen LogP contribution in [-0.4, -0.2) is 25.2 Å². The number of rotatable bonds is 4. The van der Waals surface area contributed by atoms with Crippen molar-refractivity contribution in [3.63, 3.8) is 0 Å². The molecule has 0 radical (unpaired) electrons. The van der Waals surface area contributed by atoms with Crippen LogP contribution in [0.15, 0.2) is 65.7 Å². The smallest absolute Gasteiger partial charge is 0.274 e. The zero-order valence-electron chi connectivity index (χ0n) is 15.8. The van der Waals surface area contributed by atoms with Crippen molar-refractivity contribution in [2.24, 2.45) is 14.1 Å². The molecule has 0 saturated heterocycles. The number of amides is 1. The lowest BCUT2D eigenvalue weighted by Gasteiger charge is -2.19. The van der Waals surface area contributed by atoms with E-state index < -0.39 is 17.8 Å². The molecule has 0 bridgehead atoms. The van der Waals surface area contributed by atoms with Crippen molar-refractivity contribution >= 4 is 16.7 Å². The Morgan fingerprint density at radius 3 is 2.55 bits per heavy atom. The number of carbonyl (C=O) groups excluding carboxylic acids is 1. The molecule has 0 saturated carbocycles. The Kier molecular flexibility index (Phi) is 4.67. The average molecular weight is 391 g/mol. The number of nitrogens with one attached hydrogen (secondary N) is 1. The van der Waals surface area contributed by atoms with Crippen LogP contribution < -0.4 is 10.9 Å². The van der Waals surface area contributed by atoms with Gasteiger partial charge in [-0.05, 0) is 23.8 Å². The van der Waals surface area contributed by atoms with E-state index in [2.05, 4.69) is 15.4 Å². The topological polar surface area (TPSA) is 81.8 Å². The summed E-state index contributed by atoms with van der Waals surface area (Å²) < 4.78 is 16.7. The fourth-order valence-corrected chi connectivity index (χ4v) is 3.31. The molecule has 7 nitrogen and oxygen atoms in total. The molecule has 1 N–H and O–H groups in total. The summed E-state index contributed by atoms with van der Waals surface area (Å²) in [5.41, 5.74) is 0.364. The first kappa shape index (κ1) is 18.5. The summed E-state index contributed by atoms with van der Waals surface area (Å²) in [5, 5.41) is 7.90. The number of fused-ring (bicyclic) bond motifs is 1. The van der Waals surface area contributed by atoms with Crippen LogP contribution in [0, 0.1) is 5.82 Å². The summed E-state index contributed by atoms with van der Waals surface area (Å²) in [5.74, 6) is -0.367. The number of carbonyl (C=O) groups is 1. The number of hydrogen-bond donors (Lipinski definition) is 1. The predicted molar refractivity (Wildman–Crippen MR) is 106 cm³/mol. The third-order valence-corrected chi connectivity index (χ3v) is 4.75. The van der Waals surface area contributed by atoms with Crippen LogP contribution in [0.1, 0.15) is 27.9 Å². The van der Waals surface area contributed by atoms with Gasteiger partial charge in [0.25, 0.3) is 11.5 Å². The van der Waals surface area contributed by atoms with Crippen LogP contribution in [0.3, 0.4) is 0 Å². The Morgan fingerprint density at radius 2 is 1.86 bits per heavy atom. The Balaban J connectivity index is 1.81. The summed E-state index contributed by atoms with van der Waals surface area (Å²) in [7, 11) is 3.29. The Labute approximate surface area is 165 Å². The van der Waals surface area contributed by atoms with Crippen LogP contribution in [-0.2, 0) is 14.1 Å². The van der Waals surface area contributed by atoms with E-state index in [9.17, 15) is 14.0 Å². The molecule has 1 atom stereocenters. The van der Waals surface area contributed by atoms with Crippen LogP contribution in [0.25, 0.3) is 10.8 Å². The van der Waals surface area contributed by atoms with Crippen molar-refractivity contribution in [1.82, 2.24) is 24.6 Å².